The first-order chi connectivity index (χ1) is 3.18. The molecule has 3 nitrogen and oxygen atoms in total. The van der Waals surface area contributed by atoms with E-state index in [-0.39, 0.29) is 0 Å². The molecule has 0 aliphatic carbocycles. The van der Waals surface area contributed by atoms with Crippen LogP contribution in [0.25, 0.3) is 0 Å². The van der Waals surface area contributed by atoms with Crippen LogP contribution in [-0.2, 0) is 0 Å². The molecule has 0 aliphatic rings. The van der Waals surface area contributed by atoms with Gasteiger partial charge in [-0.15, -0.1) is 0 Å². The van der Waals surface area contributed by atoms with Crippen molar-refractivity contribution in [2.75, 3.05) is 0 Å². The molecule has 0 fully saturated rings. The summed E-state index contributed by atoms with van der Waals surface area (Å²) in [7, 11) is 0. The molecule has 0 aliphatic heterocycles. The van der Waals surface area contributed by atoms with Crippen LogP contribution < -0.4 is 5.73 Å². The van der Waals surface area contributed by atoms with Crippen LogP contribution >= 0.6 is 0 Å². The van der Waals surface area contributed by atoms with E-state index < -0.39 is 0 Å². The number of hydrogen-bond donors (Lipinski definition) is 1. The Balaban J connectivity index is 3.56. The van der Waals surface area contributed by atoms with Crippen LogP contribution in [0.5, 0.6) is 0 Å². The van der Waals surface area contributed by atoms with Gasteiger partial charge < -0.3 is 0 Å². The van der Waals surface area contributed by atoms with Gasteiger partial charge in [0.05, 0.1) is 0 Å². The number of nitrogens with two attached hydrogens (primary N) is 1. The Kier molecular flexibility index (Phi) is 4.41. The van der Waals surface area contributed by atoms with E-state index in [1.54, 1.807) is 2.73 Å². The van der Waals surface area contributed by atoms with Crippen LogP contribution in [0.2, 0.25) is 0 Å². The summed E-state index contributed by atoms with van der Waals surface area (Å²) in [5, 5.41) is 0. The number of rotatable bonds is 0. The third kappa shape index (κ3) is 3.52. The van der Waals surface area contributed by atoms with E-state index in [0.29, 0.717) is 5.96 Å². The van der Waals surface area contributed by atoms with E-state index in [9.17, 15) is 0 Å². The Morgan fingerprint density at radius 1 is 1.57 bits per heavy atom. The zero-order valence-electron chi connectivity index (χ0n) is 3.31. The maximum absolute atomic E-state index is 5.24. The van der Waals surface area contributed by atoms with Gasteiger partial charge in [-0.25, -0.2) is 0 Å². The molecule has 0 saturated heterocycles. The SMILES string of the molecule is NC(=N[As])N([As])[As]. The van der Waals surface area contributed by atoms with Crippen molar-refractivity contribution in [3.63, 3.8) is 0 Å². The van der Waals surface area contributed by atoms with Crippen molar-refractivity contribution < 1.29 is 0 Å². The number of hydrogen-bond acceptors (Lipinski definition) is 1. The van der Waals surface area contributed by atoms with Crippen LogP contribution in [-0.4, -0.2) is 59.9 Å². The summed E-state index contributed by atoms with van der Waals surface area (Å²) in [6.45, 7) is 0. The molecule has 6 heteroatoms. The van der Waals surface area contributed by atoms with Gasteiger partial charge in [-0.1, -0.05) is 0 Å². The van der Waals surface area contributed by atoms with Gasteiger partial charge in [-0.2, -0.15) is 0 Å². The second-order valence-electron chi connectivity index (χ2n) is 0.748. The molecule has 7 heavy (non-hydrogen) atoms. The van der Waals surface area contributed by atoms with E-state index in [1.165, 1.54) is 0 Å². The van der Waals surface area contributed by atoms with Crippen molar-refractivity contribution in [3.05, 3.63) is 0 Å². The van der Waals surface area contributed by atoms with Gasteiger partial charge in [0.2, 0.25) is 0 Å². The van der Waals surface area contributed by atoms with Crippen molar-refractivity contribution in [1.82, 2.24) is 2.73 Å². The van der Waals surface area contributed by atoms with Gasteiger partial charge in [0, 0.05) is 0 Å². The summed E-state index contributed by atoms with van der Waals surface area (Å²) in [4.78, 5) is 0. The fourth-order valence-electron chi connectivity index (χ4n) is 0.0400. The van der Waals surface area contributed by atoms with Crippen molar-refractivity contribution in [1.29, 1.82) is 0 Å². The normalized spacial score (nSPS) is 11.6. The second-order valence-corrected chi connectivity index (χ2v) is 4.33. The molecule has 0 bridgehead atoms. The molecule has 0 amide bonds. The Labute approximate surface area is 69.3 Å². The van der Waals surface area contributed by atoms with Gasteiger partial charge >= 0.3 is 69.6 Å². The molecule has 0 unspecified atom stereocenters. The van der Waals surface area contributed by atoms with Gasteiger partial charge in [-0.3, -0.25) is 0 Å². The molecule has 0 aromatic carbocycles. The summed E-state index contributed by atoms with van der Waals surface area (Å²) in [6, 6.07) is 0. The molecular formula is CH2As3N3. The van der Waals surface area contributed by atoms with E-state index in [4.69, 9.17) is 5.73 Å². The predicted molar refractivity (Wildman–Crippen MR) is 30.7 cm³/mol. The summed E-state index contributed by atoms with van der Waals surface area (Å²) >= 11 is 6.48. The molecule has 0 atom stereocenters. The zero-order chi connectivity index (χ0) is 5.86. The fraction of sp³-hybridized carbons (Fsp3) is 0. The summed E-state index contributed by atoms with van der Waals surface area (Å²) in [6.07, 6.45) is 0. The quantitative estimate of drug-likeness (QED) is 0.312. The Bertz CT molecular complexity index is 78.2. The van der Waals surface area contributed by atoms with Crippen LogP contribution in [0.1, 0.15) is 0 Å². The van der Waals surface area contributed by atoms with Crippen molar-refractivity contribution in [2.24, 2.45) is 9.64 Å². The number of guanidine groups is 1. The first kappa shape index (κ1) is 7.95. The average Bonchev–Trinajstić information content (AvgIpc) is 1.65. The van der Waals surface area contributed by atoms with Gasteiger partial charge in [0.15, 0.2) is 0 Å². The first-order valence-electron chi connectivity index (χ1n) is 1.34. The second kappa shape index (κ2) is 3.89. The van der Waals surface area contributed by atoms with Crippen molar-refractivity contribution in [2.45, 2.75) is 0 Å². The Morgan fingerprint density at radius 2 is 2.00 bits per heavy atom. The zero-order valence-corrected chi connectivity index (χ0v) is 8.94. The summed E-state index contributed by atoms with van der Waals surface area (Å²) < 4.78 is 5.22. The third-order valence-corrected chi connectivity index (χ3v) is 1.60. The third-order valence-electron chi connectivity index (χ3n) is 0.307. The van der Waals surface area contributed by atoms with Crippen LogP contribution in [0, 0.1) is 0 Å². The minimum absolute atomic E-state index is 0.472. The standard InChI is InChI=1S/CH2As3N3/c2-6-1(5)7(3)4/h(H2,5,6). The van der Waals surface area contributed by atoms with Gasteiger partial charge in [0.25, 0.3) is 0 Å². The molecule has 0 rings (SSSR count). The van der Waals surface area contributed by atoms with Crippen molar-refractivity contribution in [3.8, 4) is 0 Å². The minimum atomic E-state index is 0.472. The fourth-order valence-corrected chi connectivity index (χ4v) is 1.08. The van der Waals surface area contributed by atoms with Crippen LogP contribution in [0.4, 0.5) is 0 Å². The Morgan fingerprint density at radius 3 is 2.00 bits per heavy atom. The molecule has 0 saturated carbocycles. The average molecular weight is 281 g/mol. The first-order valence-corrected chi connectivity index (χ1v) is 3.85. The Hall–Kier alpha value is 0.945. The molecule has 36 valence electrons. The van der Waals surface area contributed by atoms with E-state index in [0.717, 1.165) is 0 Å². The van der Waals surface area contributed by atoms with Gasteiger partial charge in [0.1, 0.15) is 0 Å². The van der Waals surface area contributed by atoms with E-state index in [2.05, 4.69) is 38.1 Å². The molecule has 0 heterocycles. The van der Waals surface area contributed by atoms with Gasteiger partial charge in [-0.05, 0) is 0 Å². The van der Waals surface area contributed by atoms with Crippen molar-refractivity contribution >= 4 is 57.2 Å². The predicted octanol–water partition coefficient (Wildman–Crippen LogP) is -2.15. The molecular weight excluding hydrogens is 279 g/mol. The monoisotopic (exact) mass is 281 g/mol. The molecule has 6 radical (unpaired) electrons. The molecule has 0 aromatic rings. The molecule has 2 N–H and O–H groups in total. The van der Waals surface area contributed by atoms with Crippen LogP contribution in [0.15, 0.2) is 3.91 Å². The summed E-state index contributed by atoms with van der Waals surface area (Å²) in [5.74, 6) is 0.472. The molecule has 0 spiro atoms. The topological polar surface area (TPSA) is 41.6 Å². The van der Waals surface area contributed by atoms with E-state index in [1.807, 2.05) is 17.1 Å². The van der Waals surface area contributed by atoms with E-state index >= 15 is 0 Å². The van der Waals surface area contributed by atoms with Crippen LogP contribution in [0.3, 0.4) is 0 Å². The summed E-state index contributed by atoms with van der Waals surface area (Å²) in [5.41, 5.74) is 5.24. The molecule has 0 aromatic heterocycles. The maximum atomic E-state index is 5.24. The number of nitrogens with zero attached hydrogens (tertiary/aromatic N) is 2.